The lowest BCUT2D eigenvalue weighted by molar-refractivity contribution is -0.389. The normalized spacial score (nSPS) is 10.8. The lowest BCUT2D eigenvalue weighted by Gasteiger charge is -2.03. The molecule has 4 aromatic rings. The number of hydrogen-bond donors (Lipinski definition) is 1. The second kappa shape index (κ2) is 7.67. The summed E-state index contributed by atoms with van der Waals surface area (Å²) in [5, 5.41) is 28.4. The van der Waals surface area contributed by atoms with E-state index in [2.05, 4.69) is 15.4 Å². The molecule has 0 aliphatic rings. The summed E-state index contributed by atoms with van der Waals surface area (Å²) in [5.41, 5.74) is 1.74. The van der Waals surface area contributed by atoms with E-state index >= 15 is 0 Å². The largest absolute Gasteiger partial charge is 0.389 e. The molecule has 150 valence electrons. The lowest BCUT2D eigenvalue weighted by atomic mass is 10.1. The molecule has 0 radical (unpaired) electrons. The number of non-ortho nitro benzene ring substituents is 1. The predicted molar refractivity (Wildman–Crippen MR) is 109 cm³/mol. The van der Waals surface area contributed by atoms with Gasteiger partial charge in [0.05, 0.1) is 39.0 Å². The van der Waals surface area contributed by atoms with Gasteiger partial charge < -0.3 is 10.1 Å². The first-order chi connectivity index (χ1) is 14.4. The molecule has 1 amide bonds. The van der Waals surface area contributed by atoms with E-state index in [9.17, 15) is 25.0 Å². The molecule has 2 aromatic heterocycles. The Bertz CT molecular complexity index is 1280. The van der Waals surface area contributed by atoms with Crippen LogP contribution in [0.25, 0.3) is 10.2 Å². The van der Waals surface area contributed by atoms with Gasteiger partial charge in [-0.1, -0.05) is 23.5 Å². The number of nitro groups is 2. The number of amides is 1. The Morgan fingerprint density at radius 1 is 1.07 bits per heavy atom. The molecule has 2 aromatic carbocycles. The van der Waals surface area contributed by atoms with Crippen molar-refractivity contribution in [1.29, 1.82) is 0 Å². The number of aromatic nitrogens is 3. The van der Waals surface area contributed by atoms with Crippen LogP contribution in [0.4, 0.5) is 16.6 Å². The molecule has 0 aliphatic heterocycles. The number of fused-ring (bicyclic) bond motifs is 1. The van der Waals surface area contributed by atoms with Crippen molar-refractivity contribution >= 4 is 44.1 Å². The number of hydrogen-bond acceptors (Lipinski definition) is 8. The first-order valence-corrected chi connectivity index (χ1v) is 9.34. The molecule has 11 nitrogen and oxygen atoms in total. The standard InChI is InChI=1S/C18H12N6O5S/c25-17(20-18-19-14-6-5-13(23(26)27)9-15(14)30-18)12-3-1-11(2-4-12)10-22-8-7-16(21-22)24(28)29/h1-9H,10H2,(H,19,20,25). The third-order valence-electron chi connectivity index (χ3n) is 4.18. The van der Waals surface area contributed by atoms with Crippen molar-refractivity contribution in [2.45, 2.75) is 6.54 Å². The molecule has 2 heterocycles. The topological polar surface area (TPSA) is 146 Å². The molecule has 0 spiro atoms. The van der Waals surface area contributed by atoms with Crippen LogP contribution in [-0.4, -0.2) is 30.5 Å². The van der Waals surface area contributed by atoms with E-state index in [1.807, 2.05) is 0 Å². The van der Waals surface area contributed by atoms with E-state index in [0.717, 1.165) is 16.9 Å². The zero-order valence-electron chi connectivity index (χ0n) is 15.1. The fraction of sp³-hybridized carbons (Fsp3) is 0.0556. The first-order valence-electron chi connectivity index (χ1n) is 8.52. The maximum Gasteiger partial charge on any atom is 0.389 e. The summed E-state index contributed by atoms with van der Waals surface area (Å²) < 4.78 is 2.04. The minimum atomic E-state index is -0.565. The zero-order chi connectivity index (χ0) is 21.3. The molecule has 0 saturated heterocycles. The highest BCUT2D eigenvalue weighted by Crippen LogP contribution is 2.29. The number of nitro benzene ring substituents is 1. The third kappa shape index (κ3) is 3.98. The predicted octanol–water partition coefficient (Wildman–Crippen LogP) is 3.61. The van der Waals surface area contributed by atoms with Crippen molar-refractivity contribution in [3.05, 3.63) is 86.1 Å². The highest BCUT2D eigenvalue weighted by atomic mass is 32.1. The number of benzene rings is 2. The maximum absolute atomic E-state index is 12.5. The van der Waals surface area contributed by atoms with Crippen LogP contribution >= 0.6 is 11.3 Å². The molecule has 0 bridgehead atoms. The van der Waals surface area contributed by atoms with Crippen molar-refractivity contribution < 1.29 is 14.6 Å². The Kier molecular flexibility index (Phi) is 4.90. The van der Waals surface area contributed by atoms with E-state index in [4.69, 9.17) is 0 Å². The molecule has 0 aliphatic carbocycles. The summed E-state index contributed by atoms with van der Waals surface area (Å²) in [4.78, 5) is 37.2. The number of carbonyl (C=O) groups is 1. The van der Waals surface area contributed by atoms with Gasteiger partial charge in [-0.25, -0.2) is 4.98 Å². The smallest absolute Gasteiger partial charge is 0.358 e. The van der Waals surface area contributed by atoms with Crippen LogP contribution in [0.3, 0.4) is 0 Å². The maximum atomic E-state index is 12.5. The van der Waals surface area contributed by atoms with Crippen LogP contribution in [0, 0.1) is 20.2 Å². The molecular formula is C18H12N6O5S. The Morgan fingerprint density at radius 2 is 1.83 bits per heavy atom. The van der Waals surface area contributed by atoms with E-state index in [1.54, 1.807) is 24.3 Å². The first kappa shape index (κ1) is 19.1. The van der Waals surface area contributed by atoms with Gasteiger partial charge in [0.25, 0.3) is 11.6 Å². The summed E-state index contributed by atoms with van der Waals surface area (Å²) in [6.45, 7) is 0.326. The molecule has 0 fully saturated rings. The minimum Gasteiger partial charge on any atom is -0.358 e. The van der Waals surface area contributed by atoms with Gasteiger partial charge in [0, 0.05) is 17.7 Å². The van der Waals surface area contributed by atoms with Crippen LogP contribution < -0.4 is 5.32 Å². The van der Waals surface area contributed by atoms with Crippen molar-refractivity contribution in [2.24, 2.45) is 0 Å². The molecule has 12 heteroatoms. The Morgan fingerprint density at radius 3 is 2.50 bits per heavy atom. The Hall–Kier alpha value is -4.19. The monoisotopic (exact) mass is 424 g/mol. The lowest BCUT2D eigenvalue weighted by Crippen LogP contribution is -2.11. The number of nitrogens with zero attached hydrogens (tertiary/aromatic N) is 5. The fourth-order valence-corrected chi connectivity index (χ4v) is 3.63. The summed E-state index contributed by atoms with van der Waals surface area (Å²) in [6, 6.07) is 12.3. The van der Waals surface area contributed by atoms with Gasteiger partial charge in [-0.2, -0.15) is 4.68 Å². The SMILES string of the molecule is O=C(Nc1nc2ccc([N+](=O)[O-])cc2s1)c1ccc(Cn2ccc([N+](=O)[O-])n2)cc1. The van der Waals surface area contributed by atoms with Gasteiger partial charge in [-0.15, -0.1) is 0 Å². The number of thiazole rings is 1. The van der Waals surface area contributed by atoms with Gasteiger partial charge in [0.1, 0.15) is 0 Å². The van der Waals surface area contributed by atoms with Gasteiger partial charge in [-0.05, 0) is 28.7 Å². The Balaban J connectivity index is 1.45. The number of carbonyl (C=O) groups excluding carboxylic acids is 1. The molecular weight excluding hydrogens is 412 g/mol. The third-order valence-corrected chi connectivity index (χ3v) is 5.11. The van der Waals surface area contributed by atoms with E-state index in [1.165, 1.54) is 35.1 Å². The highest BCUT2D eigenvalue weighted by molar-refractivity contribution is 7.22. The number of rotatable bonds is 6. The second-order valence-electron chi connectivity index (χ2n) is 6.21. The van der Waals surface area contributed by atoms with Crippen LogP contribution in [-0.2, 0) is 6.54 Å². The Labute approximate surface area is 171 Å². The van der Waals surface area contributed by atoms with Crippen molar-refractivity contribution in [3.8, 4) is 0 Å². The molecule has 4 rings (SSSR count). The fourth-order valence-electron chi connectivity index (χ4n) is 2.73. The van der Waals surface area contributed by atoms with Gasteiger partial charge in [0.2, 0.25) is 0 Å². The number of anilines is 1. The van der Waals surface area contributed by atoms with E-state index in [-0.39, 0.29) is 17.4 Å². The molecule has 0 unspecified atom stereocenters. The summed E-state index contributed by atoms with van der Waals surface area (Å²) >= 11 is 1.15. The summed E-state index contributed by atoms with van der Waals surface area (Å²) in [7, 11) is 0. The van der Waals surface area contributed by atoms with Gasteiger partial charge in [0.15, 0.2) is 5.13 Å². The molecule has 0 atom stereocenters. The quantitative estimate of drug-likeness (QED) is 0.367. The van der Waals surface area contributed by atoms with Gasteiger partial charge in [-0.3, -0.25) is 20.2 Å². The highest BCUT2D eigenvalue weighted by Gasteiger charge is 2.14. The van der Waals surface area contributed by atoms with E-state index < -0.39 is 9.85 Å². The van der Waals surface area contributed by atoms with Crippen LogP contribution in [0.5, 0.6) is 0 Å². The van der Waals surface area contributed by atoms with E-state index in [0.29, 0.717) is 27.5 Å². The van der Waals surface area contributed by atoms with Crippen LogP contribution in [0.15, 0.2) is 54.7 Å². The van der Waals surface area contributed by atoms with Crippen LogP contribution in [0.2, 0.25) is 0 Å². The average molecular weight is 424 g/mol. The second-order valence-corrected chi connectivity index (χ2v) is 7.24. The van der Waals surface area contributed by atoms with Gasteiger partial charge >= 0.3 is 5.82 Å². The van der Waals surface area contributed by atoms with Crippen molar-refractivity contribution in [3.63, 3.8) is 0 Å². The molecule has 0 saturated carbocycles. The zero-order valence-corrected chi connectivity index (χ0v) is 15.9. The number of nitrogens with one attached hydrogen (secondary N) is 1. The van der Waals surface area contributed by atoms with Crippen molar-refractivity contribution in [1.82, 2.24) is 14.8 Å². The van der Waals surface area contributed by atoms with Crippen molar-refractivity contribution in [2.75, 3.05) is 5.32 Å². The molecule has 1 N–H and O–H groups in total. The molecule has 30 heavy (non-hydrogen) atoms. The average Bonchev–Trinajstić information content (AvgIpc) is 3.34. The minimum absolute atomic E-state index is 0.0397. The summed E-state index contributed by atoms with van der Waals surface area (Å²) in [6.07, 6.45) is 1.51. The summed E-state index contributed by atoms with van der Waals surface area (Å²) in [5.74, 6) is -0.600. The van der Waals surface area contributed by atoms with Crippen LogP contribution in [0.1, 0.15) is 15.9 Å².